The van der Waals surface area contributed by atoms with Crippen LogP contribution >= 0.6 is 11.6 Å². The van der Waals surface area contributed by atoms with Crippen LogP contribution in [0.15, 0.2) is 18.2 Å². The van der Waals surface area contributed by atoms with Crippen molar-refractivity contribution in [1.29, 1.82) is 0 Å². The van der Waals surface area contributed by atoms with Crippen LogP contribution in [0.3, 0.4) is 0 Å². The SMILES string of the molecule is CC(C)OCCN(C)c1ccc(Cl)cc1CO. The number of anilines is 1. The van der Waals surface area contributed by atoms with E-state index in [0.29, 0.717) is 11.6 Å². The minimum Gasteiger partial charge on any atom is -0.392 e. The van der Waals surface area contributed by atoms with E-state index >= 15 is 0 Å². The molecule has 4 heteroatoms. The molecule has 1 aromatic rings. The smallest absolute Gasteiger partial charge is 0.0702 e. The molecule has 0 atom stereocenters. The number of halogens is 1. The fraction of sp³-hybridized carbons (Fsp3) is 0.538. The highest BCUT2D eigenvalue weighted by Crippen LogP contribution is 2.23. The first-order chi connectivity index (χ1) is 8.04. The molecular formula is C13H20ClNO2. The van der Waals surface area contributed by atoms with E-state index in [4.69, 9.17) is 16.3 Å². The van der Waals surface area contributed by atoms with Gasteiger partial charge in [-0.05, 0) is 32.0 Å². The summed E-state index contributed by atoms with van der Waals surface area (Å²) < 4.78 is 5.50. The van der Waals surface area contributed by atoms with Gasteiger partial charge in [0.1, 0.15) is 0 Å². The van der Waals surface area contributed by atoms with Crippen LogP contribution in [0.25, 0.3) is 0 Å². The molecule has 0 saturated carbocycles. The molecule has 0 aromatic heterocycles. The van der Waals surface area contributed by atoms with Gasteiger partial charge in [0, 0.05) is 29.9 Å². The lowest BCUT2D eigenvalue weighted by Gasteiger charge is -2.22. The average molecular weight is 258 g/mol. The van der Waals surface area contributed by atoms with Crippen molar-refractivity contribution in [2.45, 2.75) is 26.6 Å². The normalized spacial score (nSPS) is 10.9. The summed E-state index contributed by atoms with van der Waals surface area (Å²) in [5.74, 6) is 0. The number of nitrogens with zero attached hydrogens (tertiary/aromatic N) is 1. The molecular weight excluding hydrogens is 238 g/mol. The molecule has 0 spiro atoms. The lowest BCUT2D eigenvalue weighted by atomic mass is 10.1. The monoisotopic (exact) mass is 257 g/mol. The second-order valence-electron chi connectivity index (χ2n) is 4.27. The molecule has 0 fully saturated rings. The zero-order valence-corrected chi connectivity index (χ0v) is 11.4. The Balaban J connectivity index is 2.64. The topological polar surface area (TPSA) is 32.7 Å². The summed E-state index contributed by atoms with van der Waals surface area (Å²) in [6.45, 7) is 5.47. The van der Waals surface area contributed by atoms with Crippen molar-refractivity contribution >= 4 is 17.3 Å². The predicted octanol–water partition coefficient (Wildman–Crippen LogP) is 2.69. The van der Waals surface area contributed by atoms with Gasteiger partial charge in [-0.25, -0.2) is 0 Å². The third-order valence-electron chi connectivity index (χ3n) is 2.50. The van der Waals surface area contributed by atoms with Crippen molar-refractivity contribution in [2.75, 3.05) is 25.1 Å². The molecule has 0 bridgehead atoms. The van der Waals surface area contributed by atoms with E-state index in [1.807, 2.05) is 33.0 Å². The van der Waals surface area contributed by atoms with Crippen LogP contribution in [0.2, 0.25) is 5.02 Å². The molecule has 1 aromatic carbocycles. The van der Waals surface area contributed by atoms with E-state index in [1.54, 1.807) is 6.07 Å². The van der Waals surface area contributed by atoms with Crippen LogP contribution in [-0.2, 0) is 11.3 Å². The maximum atomic E-state index is 9.29. The van der Waals surface area contributed by atoms with E-state index in [-0.39, 0.29) is 12.7 Å². The molecule has 0 unspecified atom stereocenters. The number of aliphatic hydroxyl groups excluding tert-OH is 1. The number of benzene rings is 1. The maximum Gasteiger partial charge on any atom is 0.0702 e. The molecule has 96 valence electrons. The Labute approximate surface area is 108 Å². The van der Waals surface area contributed by atoms with Crippen LogP contribution < -0.4 is 4.90 Å². The molecule has 1 N–H and O–H groups in total. The highest BCUT2D eigenvalue weighted by Gasteiger charge is 2.07. The third kappa shape index (κ3) is 4.54. The zero-order chi connectivity index (χ0) is 12.8. The van der Waals surface area contributed by atoms with Crippen molar-refractivity contribution in [1.82, 2.24) is 0 Å². The molecule has 1 rings (SSSR count). The number of hydrogen-bond acceptors (Lipinski definition) is 3. The van der Waals surface area contributed by atoms with Gasteiger partial charge >= 0.3 is 0 Å². The number of hydrogen-bond donors (Lipinski definition) is 1. The fourth-order valence-electron chi connectivity index (χ4n) is 1.60. The van der Waals surface area contributed by atoms with Gasteiger partial charge in [-0.2, -0.15) is 0 Å². The Kier molecular flexibility index (Phi) is 5.75. The van der Waals surface area contributed by atoms with Crippen LogP contribution in [0.4, 0.5) is 5.69 Å². The Morgan fingerprint density at radius 1 is 1.41 bits per heavy atom. The first-order valence-corrected chi connectivity index (χ1v) is 6.14. The Morgan fingerprint density at radius 2 is 2.12 bits per heavy atom. The summed E-state index contributed by atoms with van der Waals surface area (Å²) >= 11 is 5.89. The Bertz CT molecular complexity index is 355. The van der Waals surface area contributed by atoms with Gasteiger partial charge in [0.25, 0.3) is 0 Å². The lowest BCUT2D eigenvalue weighted by molar-refractivity contribution is 0.0845. The average Bonchev–Trinajstić information content (AvgIpc) is 2.28. The van der Waals surface area contributed by atoms with E-state index < -0.39 is 0 Å². The minimum absolute atomic E-state index is 0.00866. The predicted molar refractivity (Wildman–Crippen MR) is 71.7 cm³/mol. The van der Waals surface area contributed by atoms with Gasteiger partial charge in [-0.3, -0.25) is 0 Å². The summed E-state index contributed by atoms with van der Waals surface area (Å²) in [5.41, 5.74) is 1.83. The summed E-state index contributed by atoms with van der Waals surface area (Å²) in [4.78, 5) is 2.06. The fourth-order valence-corrected chi connectivity index (χ4v) is 1.79. The first kappa shape index (κ1) is 14.3. The lowest BCUT2D eigenvalue weighted by Crippen LogP contribution is -2.24. The van der Waals surface area contributed by atoms with Gasteiger partial charge in [0.2, 0.25) is 0 Å². The molecule has 0 amide bonds. The molecule has 0 heterocycles. The van der Waals surface area contributed by atoms with Crippen LogP contribution in [-0.4, -0.2) is 31.4 Å². The van der Waals surface area contributed by atoms with Crippen molar-refractivity contribution < 1.29 is 9.84 Å². The molecule has 0 saturated heterocycles. The molecule has 0 aliphatic heterocycles. The minimum atomic E-state index is -0.00866. The first-order valence-electron chi connectivity index (χ1n) is 5.76. The molecule has 0 aliphatic rings. The van der Waals surface area contributed by atoms with E-state index in [0.717, 1.165) is 17.8 Å². The number of likely N-dealkylation sites (N-methyl/N-ethyl adjacent to an activating group) is 1. The largest absolute Gasteiger partial charge is 0.392 e. The molecule has 0 aliphatic carbocycles. The Hall–Kier alpha value is -0.770. The number of aliphatic hydroxyl groups is 1. The van der Waals surface area contributed by atoms with E-state index in [9.17, 15) is 5.11 Å². The molecule has 3 nitrogen and oxygen atoms in total. The molecule has 17 heavy (non-hydrogen) atoms. The Morgan fingerprint density at radius 3 is 2.71 bits per heavy atom. The van der Waals surface area contributed by atoms with Crippen LogP contribution in [0.5, 0.6) is 0 Å². The summed E-state index contributed by atoms with van der Waals surface area (Å²) in [7, 11) is 1.98. The van der Waals surface area contributed by atoms with E-state index in [1.165, 1.54) is 0 Å². The second kappa shape index (κ2) is 6.84. The highest BCUT2D eigenvalue weighted by molar-refractivity contribution is 6.30. The summed E-state index contributed by atoms with van der Waals surface area (Å²) in [5, 5.41) is 9.93. The van der Waals surface area contributed by atoms with E-state index in [2.05, 4.69) is 4.90 Å². The van der Waals surface area contributed by atoms with Crippen molar-refractivity contribution in [3.05, 3.63) is 28.8 Å². The number of rotatable bonds is 6. The van der Waals surface area contributed by atoms with Crippen LogP contribution in [0.1, 0.15) is 19.4 Å². The molecule has 0 radical (unpaired) electrons. The van der Waals surface area contributed by atoms with Gasteiger partial charge < -0.3 is 14.7 Å². The van der Waals surface area contributed by atoms with Crippen molar-refractivity contribution in [3.63, 3.8) is 0 Å². The van der Waals surface area contributed by atoms with Crippen molar-refractivity contribution in [2.24, 2.45) is 0 Å². The quantitative estimate of drug-likeness (QED) is 0.851. The second-order valence-corrected chi connectivity index (χ2v) is 4.71. The van der Waals surface area contributed by atoms with Crippen molar-refractivity contribution in [3.8, 4) is 0 Å². The third-order valence-corrected chi connectivity index (χ3v) is 2.74. The van der Waals surface area contributed by atoms with Gasteiger partial charge in [-0.15, -0.1) is 0 Å². The number of ether oxygens (including phenoxy) is 1. The highest BCUT2D eigenvalue weighted by atomic mass is 35.5. The van der Waals surface area contributed by atoms with Gasteiger partial charge in [0.15, 0.2) is 0 Å². The zero-order valence-electron chi connectivity index (χ0n) is 10.6. The maximum absolute atomic E-state index is 9.29. The van der Waals surface area contributed by atoms with Gasteiger partial charge in [-0.1, -0.05) is 11.6 Å². The standard InChI is InChI=1S/C13H20ClNO2/c1-10(2)17-7-6-15(3)13-5-4-12(14)8-11(13)9-16/h4-5,8,10,16H,6-7,9H2,1-3H3. The van der Waals surface area contributed by atoms with Gasteiger partial charge in [0.05, 0.1) is 19.3 Å². The summed E-state index contributed by atoms with van der Waals surface area (Å²) in [6, 6.07) is 5.54. The van der Waals surface area contributed by atoms with Crippen LogP contribution in [0, 0.1) is 0 Å². The summed E-state index contributed by atoms with van der Waals surface area (Å²) in [6.07, 6.45) is 0.242.